The Bertz CT molecular complexity index is 318. The molecule has 1 rings (SSSR count). The van der Waals surface area contributed by atoms with E-state index in [2.05, 4.69) is 0 Å². The van der Waals surface area contributed by atoms with Crippen LogP contribution in [0, 0.1) is 17.3 Å². The molecule has 2 N–H and O–H groups in total. The maximum absolute atomic E-state index is 12.4. The van der Waals surface area contributed by atoms with Crippen molar-refractivity contribution in [3.63, 3.8) is 0 Å². The van der Waals surface area contributed by atoms with Gasteiger partial charge in [0.05, 0.1) is 5.41 Å². The summed E-state index contributed by atoms with van der Waals surface area (Å²) in [5.74, 6) is -0.465. The van der Waals surface area contributed by atoms with Crippen molar-refractivity contribution in [1.82, 2.24) is 0 Å². The van der Waals surface area contributed by atoms with Gasteiger partial charge in [-0.05, 0) is 43.9 Å². The first-order valence-electron chi connectivity index (χ1n) is 6.56. The molecule has 0 bridgehead atoms. The molecule has 1 aliphatic carbocycles. The predicted molar refractivity (Wildman–Crippen MR) is 63.5 cm³/mol. The minimum absolute atomic E-state index is 0.207. The molecule has 6 heteroatoms. The Morgan fingerprint density at radius 3 is 2.11 bits per heavy atom. The summed E-state index contributed by atoms with van der Waals surface area (Å²) in [5, 5.41) is 18.4. The van der Waals surface area contributed by atoms with E-state index in [1.807, 2.05) is 13.8 Å². The van der Waals surface area contributed by atoms with E-state index in [1.54, 1.807) is 0 Å². The van der Waals surface area contributed by atoms with Gasteiger partial charge in [-0.25, -0.2) is 0 Å². The molecule has 0 heterocycles. The molecule has 0 aromatic rings. The number of alkyl halides is 3. The molecule has 0 spiro atoms. The minimum atomic E-state index is -4.75. The number of hydrogen-bond acceptors (Lipinski definition) is 2. The third-order valence-corrected chi connectivity index (χ3v) is 4.35. The van der Waals surface area contributed by atoms with E-state index in [-0.39, 0.29) is 12.8 Å². The SMILES string of the molecule is CC(C)C1CCC(CC(O)C(F)(F)F)(C(=O)O)CC1. The largest absolute Gasteiger partial charge is 0.481 e. The van der Waals surface area contributed by atoms with Crippen LogP contribution in [-0.4, -0.2) is 28.5 Å². The predicted octanol–water partition coefficient (Wildman–Crippen LogP) is 3.22. The second-order valence-electron chi connectivity index (χ2n) is 5.93. The van der Waals surface area contributed by atoms with E-state index in [9.17, 15) is 23.1 Å². The van der Waals surface area contributed by atoms with Crippen LogP contribution in [0.1, 0.15) is 46.0 Å². The average molecular weight is 282 g/mol. The van der Waals surface area contributed by atoms with Crippen molar-refractivity contribution < 1.29 is 28.2 Å². The Morgan fingerprint density at radius 2 is 1.79 bits per heavy atom. The molecule has 0 saturated heterocycles. The molecule has 1 unspecified atom stereocenters. The molecule has 1 atom stereocenters. The third kappa shape index (κ3) is 3.84. The fraction of sp³-hybridized carbons (Fsp3) is 0.923. The van der Waals surface area contributed by atoms with E-state index < -0.39 is 30.1 Å². The second kappa shape index (κ2) is 5.69. The molecule has 0 amide bonds. The summed E-state index contributed by atoms with van der Waals surface area (Å²) in [4.78, 5) is 11.3. The highest BCUT2D eigenvalue weighted by Gasteiger charge is 2.49. The Hall–Kier alpha value is -0.780. The topological polar surface area (TPSA) is 57.5 Å². The maximum Gasteiger partial charge on any atom is 0.414 e. The zero-order valence-electron chi connectivity index (χ0n) is 11.2. The normalized spacial score (nSPS) is 30.4. The van der Waals surface area contributed by atoms with E-state index in [0.717, 1.165) is 0 Å². The lowest BCUT2D eigenvalue weighted by Crippen LogP contribution is -2.43. The number of halogens is 3. The average Bonchev–Trinajstić information content (AvgIpc) is 2.28. The molecule has 0 aromatic carbocycles. The van der Waals surface area contributed by atoms with Crippen LogP contribution in [-0.2, 0) is 4.79 Å². The number of aliphatic hydroxyl groups is 1. The van der Waals surface area contributed by atoms with Crippen molar-refractivity contribution in [2.75, 3.05) is 0 Å². The number of aliphatic hydroxyl groups excluding tert-OH is 1. The monoisotopic (exact) mass is 282 g/mol. The summed E-state index contributed by atoms with van der Waals surface area (Å²) >= 11 is 0. The molecule has 0 radical (unpaired) electrons. The summed E-state index contributed by atoms with van der Waals surface area (Å²) < 4.78 is 37.2. The zero-order valence-corrected chi connectivity index (χ0v) is 11.2. The molecule has 0 aliphatic heterocycles. The highest BCUT2D eigenvalue weighted by molar-refractivity contribution is 5.74. The van der Waals surface area contributed by atoms with Gasteiger partial charge >= 0.3 is 12.1 Å². The molecule has 0 aromatic heterocycles. The molecule has 1 saturated carbocycles. The van der Waals surface area contributed by atoms with E-state index in [1.165, 1.54) is 0 Å². The lowest BCUT2D eigenvalue weighted by Gasteiger charge is -2.39. The van der Waals surface area contributed by atoms with E-state index >= 15 is 0 Å². The van der Waals surface area contributed by atoms with Crippen LogP contribution in [0.4, 0.5) is 13.2 Å². The Morgan fingerprint density at radius 1 is 1.32 bits per heavy atom. The number of hydrogen-bond donors (Lipinski definition) is 2. The summed E-state index contributed by atoms with van der Waals surface area (Å²) in [5.41, 5.74) is -1.43. The van der Waals surface area contributed by atoms with Gasteiger partial charge in [0.2, 0.25) is 0 Å². The first kappa shape index (κ1) is 16.3. The highest BCUT2D eigenvalue weighted by Crippen LogP contribution is 2.46. The summed E-state index contributed by atoms with van der Waals surface area (Å²) in [7, 11) is 0. The zero-order chi connectivity index (χ0) is 14.8. The van der Waals surface area contributed by atoms with Gasteiger partial charge in [-0.3, -0.25) is 4.79 Å². The van der Waals surface area contributed by atoms with Gasteiger partial charge in [0.15, 0.2) is 6.10 Å². The molecule has 112 valence electrons. The van der Waals surface area contributed by atoms with E-state index in [0.29, 0.717) is 24.7 Å². The molecule has 3 nitrogen and oxygen atoms in total. The number of carbonyl (C=O) groups is 1. The van der Waals surface area contributed by atoms with Crippen molar-refractivity contribution >= 4 is 5.97 Å². The van der Waals surface area contributed by atoms with Gasteiger partial charge in [-0.2, -0.15) is 13.2 Å². The Labute approximate surface area is 110 Å². The second-order valence-corrected chi connectivity index (χ2v) is 5.93. The van der Waals surface area contributed by atoms with Crippen LogP contribution in [0.3, 0.4) is 0 Å². The molecule has 1 aliphatic rings. The van der Waals surface area contributed by atoms with Crippen molar-refractivity contribution in [2.45, 2.75) is 58.2 Å². The van der Waals surface area contributed by atoms with Crippen LogP contribution >= 0.6 is 0 Å². The molecular formula is C13H21F3O3. The van der Waals surface area contributed by atoms with Gasteiger partial charge < -0.3 is 10.2 Å². The summed E-state index contributed by atoms with van der Waals surface area (Å²) in [6.07, 6.45) is -6.42. The fourth-order valence-corrected chi connectivity index (χ4v) is 2.85. The van der Waals surface area contributed by atoms with Crippen molar-refractivity contribution in [2.24, 2.45) is 17.3 Å². The number of rotatable bonds is 4. The summed E-state index contributed by atoms with van der Waals surface area (Å²) in [6.45, 7) is 4.06. The van der Waals surface area contributed by atoms with Crippen molar-refractivity contribution in [3.8, 4) is 0 Å². The molecule has 1 fully saturated rings. The first-order valence-corrected chi connectivity index (χ1v) is 6.56. The Balaban J connectivity index is 2.76. The minimum Gasteiger partial charge on any atom is -0.481 e. The van der Waals surface area contributed by atoms with Crippen LogP contribution in [0.25, 0.3) is 0 Å². The van der Waals surface area contributed by atoms with Gasteiger partial charge in [0.1, 0.15) is 0 Å². The van der Waals surface area contributed by atoms with Crippen molar-refractivity contribution in [3.05, 3.63) is 0 Å². The van der Waals surface area contributed by atoms with E-state index in [4.69, 9.17) is 5.11 Å². The molecular weight excluding hydrogens is 261 g/mol. The fourth-order valence-electron chi connectivity index (χ4n) is 2.85. The first-order chi connectivity index (χ1) is 8.58. The quantitative estimate of drug-likeness (QED) is 0.832. The summed E-state index contributed by atoms with van der Waals surface area (Å²) in [6, 6.07) is 0. The maximum atomic E-state index is 12.4. The number of carboxylic acids is 1. The van der Waals surface area contributed by atoms with Crippen LogP contribution in [0.2, 0.25) is 0 Å². The standard InChI is InChI=1S/C13H21F3O3/c1-8(2)9-3-5-12(6-4-9,11(18)19)7-10(17)13(14,15)16/h8-10,17H,3-7H2,1-2H3,(H,18,19). The lowest BCUT2D eigenvalue weighted by molar-refractivity contribution is -0.216. The van der Waals surface area contributed by atoms with Crippen LogP contribution in [0.15, 0.2) is 0 Å². The number of carboxylic acid groups (broad SMARTS) is 1. The highest BCUT2D eigenvalue weighted by atomic mass is 19.4. The number of aliphatic carboxylic acids is 1. The van der Waals surface area contributed by atoms with Crippen LogP contribution < -0.4 is 0 Å². The van der Waals surface area contributed by atoms with Gasteiger partial charge in [0.25, 0.3) is 0 Å². The van der Waals surface area contributed by atoms with Gasteiger partial charge in [-0.1, -0.05) is 13.8 Å². The third-order valence-electron chi connectivity index (χ3n) is 4.35. The van der Waals surface area contributed by atoms with Crippen molar-refractivity contribution in [1.29, 1.82) is 0 Å². The lowest BCUT2D eigenvalue weighted by atomic mass is 9.65. The smallest absolute Gasteiger partial charge is 0.414 e. The van der Waals surface area contributed by atoms with Gasteiger partial charge in [0, 0.05) is 0 Å². The van der Waals surface area contributed by atoms with Crippen LogP contribution in [0.5, 0.6) is 0 Å². The Kier molecular flexibility index (Phi) is 4.87. The molecule has 19 heavy (non-hydrogen) atoms. The van der Waals surface area contributed by atoms with Gasteiger partial charge in [-0.15, -0.1) is 0 Å².